The third kappa shape index (κ3) is 6.32. The van der Waals surface area contributed by atoms with Crippen LogP contribution in [-0.4, -0.2) is 24.0 Å². The highest BCUT2D eigenvalue weighted by molar-refractivity contribution is 7.10. The number of carbonyl (C=O) groups is 2. The number of amides is 3. The molecular formula is C19H26N3O2S+. The van der Waals surface area contributed by atoms with E-state index in [0.717, 1.165) is 5.56 Å². The topological polar surface area (TPSA) is 74.8 Å². The van der Waals surface area contributed by atoms with Crippen molar-refractivity contribution in [3.63, 3.8) is 0 Å². The molecule has 1 aromatic heterocycles. The molecule has 0 radical (unpaired) electrons. The summed E-state index contributed by atoms with van der Waals surface area (Å²) in [5.41, 5.74) is 1.96. The fraction of sp³-hybridized carbons (Fsp3) is 0.368. The van der Waals surface area contributed by atoms with E-state index in [1.807, 2.05) is 37.5 Å². The number of rotatable bonds is 5. The number of urea groups is 1. The van der Waals surface area contributed by atoms with Gasteiger partial charge in [-0.05, 0) is 39.1 Å². The summed E-state index contributed by atoms with van der Waals surface area (Å²) < 4.78 is 0. The molecule has 0 spiro atoms. The lowest BCUT2D eigenvalue weighted by Gasteiger charge is -2.20. The summed E-state index contributed by atoms with van der Waals surface area (Å²) in [6.07, 6.45) is 0. The lowest BCUT2D eigenvalue weighted by atomic mass is 10.0. The first-order valence-corrected chi connectivity index (χ1v) is 9.18. The number of hydrogen-bond donors (Lipinski definition) is 3. The van der Waals surface area contributed by atoms with Crippen molar-refractivity contribution < 1.29 is 14.9 Å². The van der Waals surface area contributed by atoms with Crippen LogP contribution in [0.5, 0.6) is 0 Å². The summed E-state index contributed by atoms with van der Waals surface area (Å²) >= 11 is 1.66. The van der Waals surface area contributed by atoms with Crippen LogP contribution in [0.2, 0.25) is 0 Å². The first-order valence-electron chi connectivity index (χ1n) is 8.30. The summed E-state index contributed by atoms with van der Waals surface area (Å²) in [6.45, 7) is 7.83. The maximum Gasteiger partial charge on any atom is 0.322 e. The molecule has 4 N–H and O–H groups in total. The Kier molecular flexibility index (Phi) is 6.33. The van der Waals surface area contributed by atoms with E-state index in [0.29, 0.717) is 0 Å². The average molecular weight is 361 g/mol. The van der Waals surface area contributed by atoms with Gasteiger partial charge in [0.1, 0.15) is 6.04 Å². The molecule has 0 saturated heterocycles. The van der Waals surface area contributed by atoms with Crippen LogP contribution in [0.15, 0.2) is 41.8 Å². The normalized spacial score (nSPS) is 12.5. The number of quaternary nitrogens is 1. The Bertz CT molecular complexity index is 703. The van der Waals surface area contributed by atoms with Gasteiger partial charge in [0.15, 0.2) is 6.54 Å². The van der Waals surface area contributed by atoms with Gasteiger partial charge >= 0.3 is 6.03 Å². The third-order valence-electron chi connectivity index (χ3n) is 3.57. The molecule has 1 atom stereocenters. The number of imide groups is 1. The number of benzene rings is 1. The first-order chi connectivity index (χ1) is 11.7. The van der Waals surface area contributed by atoms with Gasteiger partial charge in [0.2, 0.25) is 0 Å². The Morgan fingerprint density at radius 2 is 1.84 bits per heavy atom. The number of hydrogen-bond acceptors (Lipinski definition) is 3. The van der Waals surface area contributed by atoms with Crippen molar-refractivity contribution >= 4 is 23.3 Å². The highest BCUT2D eigenvalue weighted by Gasteiger charge is 2.21. The van der Waals surface area contributed by atoms with Gasteiger partial charge in [-0.2, -0.15) is 0 Å². The zero-order chi connectivity index (χ0) is 18.4. The van der Waals surface area contributed by atoms with Crippen molar-refractivity contribution in [1.29, 1.82) is 0 Å². The molecule has 2 aromatic rings. The minimum absolute atomic E-state index is 0.0389. The van der Waals surface area contributed by atoms with Crippen molar-refractivity contribution in [3.05, 3.63) is 57.8 Å². The molecule has 0 aliphatic heterocycles. The van der Waals surface area contributed by atoms with Crippen LogP contribution in [0.25, 0.3) is 0 Å². The summed E-state index contributed by atoms with van der Waals surface area (Å²) in [5, 5.41) is 9.08. The largest absolute Gasteiger partial charge is 0.333 e. The van der Waals surface area contributed by atoms with E-state index in [1.54, 1.807) is 11.3 Å². The molecule has 0 saturated carbocycles. The molecular weight excluding hydrogens is 334 g/mol. The Labute approximate surface area is 152 Å². The van der Waals surface area contributed by atoms with Gasteiger partial charge in [-0.3, -0.25) is 10.1 Å². The monoisotopic (exact) mass is 360 g/mol. The summed E-state index contributed by atoms with van der Waals surface area (Å²) in [6, 6.07) is 12.0. The van der Waals surface area contributed by atoms with Gasteiger partial charge in [0, 0.05) is 11.1 Å². The molecule has 25 heavy (non-hydrogen) atoms. The molecule has 134 valence electrons. The van der Waals surface area contributed by atoms with Gasteiger partial charge in [-0.1, -0.05) is 35.9 Å². The Hall–Kier alpha value is -2.18. The molecule has 2 rings (SSSR count). The zero-order valence-electron chi connectivity index (χ0n) is 15.1. The van der Waals surface area contributed by atoms with Crippen molar-refractivity contribution in [3.8, 4) is 0 Å². The summed E-state index contributed by atoms with van der Waals surface area (Å²) in [5.74, 6) is -0.310. The van der Waals surface area contributed by atoms with Crippen LogP contribution in [0, 0.1) is 6.92 Å². The van der Waals surface area contributed by atoms with Crippen molar-refractivity contribution in [2.24, 2.45) is 0 Å². The maximum atomic E-state index is 12.1. The number of aryl methyl sites for hydroxylation is 1. The van der Waals surface area contributed by atoms with Crippen LogP contribution in [0.1, 0.15) is 42.8 Å². The fourth-order valence-electron chi connectivity index (χ4n) is 2.43. The van der Waals surface area contributed by atoms with Crippen molar-refractivity contribution in [2.45, 2.75) is 39.3 Å². The molecule has 0 unspecified atom stereocenters. The van der Waals surface area contributed by atoms with E-state index in [2.05, 4.69) is 47.9 Å². The first kappa shape index (κ1) is 19.1. The SMILES string of the molecule is Cc1ccc([C@@H]([NH2+]CC(=O)NC(=O)NC(C)(C)C)c2cccs2)cc1. The molecule has 0 aliphatic rings. The van der Waals surface area contributed by atoms with Crippen LogP contribution in [0.3, 0.4) is 0 Å². The number of nitrogens with one attached hydrogen (secondary N) is 2. The Balaban J connectivity index is 2.00. The quantitative estimate of drug-likeness (QED) is 0.765. The lowest BCUT2D eigenvalue weighted by molar-refractivity contribution is -0.676. The average Bonchev–Trinajstić information content (AvgIpc) is 3.01. The predicted octanol–water partition coefficient (Wildman–Crippen LogP) is 2.33. The smallest absolute Gasteiger partial charge is 0.322 e. The molecule has 1 aromatic carbocycles. The molecule has 6 heteroatoms. The fourth-order valence-corrected chi connectivity index (χ4v) is 3.28. The van der Waals surface area contributed by atoms with Crippen LogP contribution < -0.4 is 16.0 Å². The predicted molar refractivity (Wildman–Crippen MR) is 101 cm³/mol. The zero-order valence-corrected chi connectivity index (χ0v) is 15.9. The lowest BCUT2D eigenvalue weighted by Crippen LogP contribution is -2.87. The molecule has 3 amide bonds. The van der Waals surface area contributed by atoms with E-state index in [-0.39, 0.29) is 24.0 Å². The van der Waals surface area contributed by atoms with Crippen LogP contribution >= 0.6 is 11.3 Å². The van der Waals surface area contributed by atoms with Crippen molar-refractivity contribution in [1.82, 2.24) is 10.6 Å². The Morgan fingerprint density at radius 1 is 1.16 bits per heavy atom. The minimum atomic E-state index is -0.464. The van der Waals surface area contributed by atoms with Gasteiger partial charge < -0.3 is 10.6 Å². The molecule has 5 nitrogen and oxygen atoms in total. The molecule has 0 fully saturated rings. The molecule has 0 bridgehead atoms. The number of thiophene rings is 1. The van der Waals surface area contributed by atoms with E-state index < -0.39 is 6.03 Å². The van der Waals surface area contributed by atoms with E-state index >= 15 is 0 Å². The van der Waals surface area contributed by atoms with Crippen LogP contribution in [0.4, 0.5) is 4.79 Å². The summed E-state index contributed by atoms with van der Waals surface area (Å²) in [7, 11) is 0. The van der Waals surface area contributed by atoms with E-state index in [9.17, 15) is 9.59 Å². The molecule has 1 heterocycles. The van der Waals surface area contributed by atoms with Gasteiger partial charge in [-0.15, -0.1) is 11.3 Å². The highest BCUT2D eigenvalue weighted by atomic mass is 32.1. The summed E-state index contributed by atoms with van der Waals surface area (Å²) in [4.78, 5) is 25.1. The van der Waals surface area contributed by atoms with Crippen molar-refractivity contribution in [2.75, 3.05) is 6.54 Å². The van der Waals surface area contributed by atoms with Crippen LogP contribution in [-0.2, 0) is 4.79 Å². The molecule has 0 aliphatic carbocycles. The second kappa shape index (κ2) is 8.27. The third-order valence-corrected chi connectivity index (χ3v) is 4.52. The standard InChI is InChI=1S/C19H25N3O2S/c1-13-7-9-14(10-8-13)17(15-6-5-11-25-15)20-12-16(23)21-18(24)22-19(2,3)4/h5-11,17,20H,12H2,1-4H3,(H2,21,22,23,24)/p+1/t17-/m1/s1. The van der Waals surface area contributed by atoms with E-state index in [1.165, 1.54) is 10.4 Å². The van der Waals surface area contributed by atoms with Gasteiger partial charge in [0.05, 0.1) is 4.88 Å². The van der Waals surface area contributed by atoms with E-state index in [4.69, 9.17) is 0 Å². The second-order valence-corrected chi connectivity index (χ2v) is 8.08. The number of nitrogens with two attached hydrogens (primary N) is 1. The second-order valence-electron chi connectivity index (χ2n) is 7.10. The Morgan fingerprint density at radius 3 is 2.40 bits per heavy atom. The van der Waals surface area contributed by atoms with Gasteiger partial charge in [0.25, 0.3) is 5.91 Å². The number of carbonyl (C=O) groups excluding carboxylic acids is 2. The highest BCUT2D eigenvalue weighted by Crippen LogP contribution is 2.22. The minimum Gasteiger partial charge on any atom is -0.333 e. The maximum absolute atomic E-state index is 12.1. The van der Waals surface area contributed by atoms with Gasteiger partial charge in [-0.25, -0.2) is 4.79 Å².